The van der Waals surface area contributed by atoms with Crippen LogP contribution in [0, 0.1) is 0 Å². The molecule has 4 heteroatoms. The molecule has 0 aliphatic heterocycles. The normalized spacial score (nSPS) is 11.6. The largest absolute Gasteiger partial charge is 0.493 e. The fourth-order valence-electron chi connectivity index (χ4n) is 1.79. The van der Waals surface area contributed by atoms with Crippen LogP contribution in [0.5, 0.6) is 5.88 Å². The lowest BCUT2D eigenvalue weighted by Gasteiger charge is -2.00. The molecule has 0 amide bonds. The summed E-state index contributed by atoms with van der Waals surface area (Å²) < 4.78 is 1.82. The van der Waals surface area contributed by atoms with Crippen LogP contribution in [0.4, 0.5) is 5.69 Å². The number of hydrogen-bond acceptors (Lipinski definition) is 3. The monoisotopic (exact) mass is 203 g/mol. The van der Waals surface area contributed by atoms with Crippen molar-refractivity contribution in [2.45, 2.75) is 13.5 Å². The maximum absolute atomic E-state index is 9.95. The van der Waals surface area contributed by atoms with E-state index in [1.807, 2.05) is 35.8 Å². The second-order valence-electron chi connectivity index (χ2n) is 3.23. The third kappa shape index (κ3) is 1.38. The van der Waals surface area contributed by atoms with E-state index in [4.69, 9.17) is 0 Å². The van der Waals surface area contributed by atoms with Gasteiger partial charge in [0.2, 0.25) is 5.88 Å². The first-order chi connectivity index (χ1) is 7.29. The highest BCUT2D eigenvalue weighted by molar-refractivity contribution is 5.94. The van der Waals surface area contributed by atoms with E-state index in [9.17, 15) is 5.11 Å². The predicted molar refractivity (Wildman–Crippen MR) is 59.7 cm³/mol. The first-order valence-electron chi connectivity index (χ1n) is 4.89. The van der Waals surface area contributed by atoms with Crippen LogP contribution in [-0.2, 0) is 6.54 Å². The van der Waals surface area contributed by atoms with Gasteiger partial charge in [-0.25, -0.2) is 0 Å². The minimum absolute atomic E-state index is 0.185. The van der Waals surface area contributed by atoms with Crippen molar-refractivity contribution in [2.75, 3.05) is 7.05 Å². The summed E-state index contributed by atoms with van der Waals surface area (Å²) in [7, 11) is 1.59. The Morgan fingerprint density at radius 1 is 1.33 bits per heavy atom. The first kappa shape index (κ1) is 9.71. The maximum atomic E-state index is 9.95. The number of fused-ring (bicyclic) bond motifs is 1. The number of azo groups is 1. The van der Waals surface area contributed by atoms with Gasteiger partial charge in [-0.1, -0.05) is 18.2 Å². The van der Waals surface area contributed by atoms with Gasteiger partial charge in [0.1, 0.15) is 0 Å². The quantitative estimate of drug-likeness (QED) is 0.749. The molecular weight excluding hydrogens is 190 g/mol. The van der Waals surface area contributed by atoms with Gasteiger partial charge in [0.15, 0.2) is 5.69 Å². The highest BCUT2D eigenvalue weighted by atomic mass is 16.3. The maximum Gasteiger partial charge on any atom is 0.220 e. The molecular formula is C11H13N3O. The Morgan fingerprint density at radius 3 is 2.73 bits per heavy atom. The van der Waals surface area contributed by atoms with Crippen molar-refractivity contribution < 1.29 is 5.11 Å². The van der Waals surface area contributed by atoms with Crippen LogP contribution in [0.1, 0.15) is 6.92 Å². The molecule has 0 spiro atoms. The van der Waals surface area contributed by atoms with Gasteiger partial charge in [0, 0.05) is 19.0 Å². The molecule has 0 fully saturated rings. The Kier molecular flexibility index (Phi) is 2.41. The molecule has 0 unspecified atom stereocenters. The fourth-order valence-corrected chi connectivity index (χ4v) is 1.79. The summed E-state index contributed by atoms with van der Waals surface area (Å²) in [4.78, 5) is 0. The molecule has 4 nitrogen and oxygen atoms in total. The van der Waals surface area contributed by atoms with Gasteiger partial charge in [-0.2, -0.15) is 5.11 Å². The SMILES string of the molecule is CCn1c(O)c(N=NC)c2ccccc21. The molecule has 0 radical (unpaired) electrons. The van der Waals surface area contributed by atoms with E-state index in [2.05, 4.69) is 10.2 Å². The summed E-state index contributed by atoms with van der Waals surface area (Å²) in [6.07, 6.45) is 0. The minimum atomic E-state index is 0.185. The van der Waals surface area contributed by atoms with Crippen LogP contribution in [0.2, 0.25) is 0 Å². The summed E-state index contributed by atoms with van der Waals surface area (Å²) in [5, 5.41) is 18.6. The Labute approximate surface area is 87.9 Å². The molecule has 0 saturated carbocycles. The van der Waals surface area contributed by atoms with E-state index in [0.717, 1.165) is 10.9 Å². The predicted octanol–water partition coefficient (Wildman–Crippen LogP) is 3.08. The van der Waals surface area contributed by atoms with E-state index < -0.39 is 0 Å². The van der Waals surface area contributed by atoms with Gasteiger partial charge in [-0.3, -0.25) is 0 Å². The smallest absolute Gasteiger partial charge is 0.220 e. The average Bonchev–Trinajstić information content (AvgIpc) is 2.53. The number of para-hydroxylation sites is 1. The number of rotatable bonds is 2. The molecule has 0 bridgehead atoms. The third-order valence-corrected chi connectivity index (χ3v) is 2.43. The van der Waals surface area contributed by atoms with Crippen LogP contribution >= 0.6 is 0 Å². The van der Waals surface area contributed by atoms with E-state index in [1.165, 1.54) is 0 Å². The van der Waals surface area contributed by atoms with Gasteiger partial charge < -0.3 is 9.67 Å². The van der Waals surface area contributed by atoms with Gasteiger partial charge in [-0.05, 0) is 13.0 Å². The van der Waals surface area contributed by atoms with E-state index in [0.29, 0.717) is 12.2 Å². The highest BCUT2D eigenvalue weighted by Gasteiger charge is 2.14. The van der Waals surface area contributed by atoms with Crippen molar-refractivity contribution in [2.24, 2.45) is 10.2 Å². The second-order valence-corrected chi connectivity index (χ2v) is 3.23. The molecule has 1 N–H and O–H groups in total. The summed E-state index contributed by atoms with van der Waals surface area (Å²) in [6, 6.07) is 7.77. The number of aryl methyl sites for hydroxylation is 1. The Morgan fingerprint density at radius 2 is 2.07 bits per heavy atom. The standard InChI is InChI=1S/C11H13N3O/c1-3-14-9-7-5-4-6-8(9)10(11(14)15)13-12-2/h4-7,15H,3H2,1-2H3. The number of benzene rings is 1. The van der Waals surface area contributed by atoms with Gasteiger partial charge in [0.25, 0.3) is 0 Å². The average molecular weight is 203 g/mol. The van der Waals surface area contributed by atoms with Crippen LogP contribution in [0.15, 0.2) is 34.5 Å². The number of nitrogens with zero attached hydrogens (tertiary/aromatic N) is 3. The molecule has 1 aromatic heterocycles. The molecule has 2 aromatic rings. The van der Waals surface area contributed by atoms with Crippen molar-refractivity contribution in [3.8, 4) is 5.88 Å². The summed E-state index contributed by atoms with van der Waals surface area (Å²) >= 11 is 0. The highest BCUT2D eigenvalue weighted by Crippen LogP contribution is 2.38. The first-order valence-corrected chi connectivity index (χ1v) is 4.89. The molecule has 0 saturated heterocycles. The number of hydrogen-bond donors (Lipinski definition) is 1. The van der Waals surface area contributed by atoms with E-state index in [-0.39, 0.29) is 5.88 Å². The lowest BCUT2D eigenvalue weighted by Crippen LogP contribution is -1.91. The molecule has 78 valence electrons. The van der Waals surface area contributed by atoms with Crippen LogP contribution in [-0.4, -0.2) is 16.7 Å². The van der Waals surface area contributed by atoms with Crippen LogP contribution < -0.4 is 0 Å². The van der Waals surface area contributed by atoms with Crippen molar-refractivity contribution >= 4 is 16.6 Å². The molecule has 0 aliphatic carbocycles. The third-order valence-electron chi connectivity index (χ3n) is 2.43. The lowest BCUT2D eigenvalue weighted by atomic mass is 10.2. The van der Waals surface area contributed by atoms with Crippen LogP contribution in [0.3, 0.4) is 0 Å². The zero-order valence-corrected chi connectivity index (χ0v) is 8.81. The molecule has 15 heavy (non-hydrogen) atoms. The zero-order chi connectivity index (χ0) is 10.8. The Hall–Kier alpha value is -1.84. The molecule has 0 atom stereocenters. The van der Waals surface area contributed by atoms with Crippen LogP contribution in [0.25, 0.3) is 10.9 Å². The Bertz CT molecular complexity index is 514. The number of aromatic nitrogens is 1. The van der Waals surface area contributed by atoms with Crippen molar-refractivity contribution in [1.82, 2.24) is 4.57 Å². The molecule has 1 aromatic carbocycles. The van der Waals surface area contributed by atoms with Gasteiger partial charge in [0.05, 0.1) is 5.52 Å². The summed E-state index contributed by atoms with van der Waals surface area (Å²) in [5.74, 6) is 0.185. The van der Waals surface area contributed by atoms with Gasteiger partial charge in [-0.15, -0.1) is 5.11 Å². The number of aromatic hydroxyl groups is 1. The second kappa shape index (κ2) is 3.73. The Balaban J connectivity index is 2.84. The van der Waals surface area contributed by atoms with Crippen molar-refractivity contribution in [3.63, 3.8) is 0 Å². The minimum Gasteiger partial charge on any atom is -0.493 e. The van der Waals surface area contributed by atoms with Crippen molar-refractivity contribution in [1.29, 1.82) is 0 Å². The summed E-state index contributed by atoms with van der Waals surface area (Å²) in [5.41, 5.74) is 1.54. The van der Waals surface area contributed by atoms with E-state index >= 15 is 0 Å². The summed E-state index contributed by atoms with van der Waals surface area (Å²) in [6.45, 7) is 2.70. The van der Waals surface area contributed by atoms with E-state index in [1.54, 1.807) is 7.05 Å². The molecule has 1 heterocycles. The van der Waals surface area contributed by atoms with Gasteiger partial charge >= 0.3 is 0 Å². The fraction of sp³-hybridized carbons (Fsp3) is 0.273. The molecule has 2 rings (SSSR count). The van der Waals surface area contributed by atoms with Crippen molar-refractivity contribution in [3.05, 3.63) is 24.3 Å². The topological polar surface area (TPSA) is 49.9 Å². The molecule has 0 aliphatic rings. The zero-order valence-electron chi connectivity index (χ0n) is 8.81. The lowest BCUT2D eigenvalue weighted by molar-refractivity contribution is 0.427.